The predicted octanol–water partition coefficient (Wildman–Crippen LogP) is 3.47. The number of nitrogens with two attached hydrogens (primary N) is 2. The predicted molar refractivity (Wildman–Crippen MR) is 143 cm³/mol. The normalized spacial score (nSPS) is 18.7. The Morgan fingerprint density at radius 2 is 1.95 bits per heavy atom. The molecule has 0 saturated heterocycles. The van der Waals surface area contributed by atoms with Gasteiger partial charge in [0.05, 0.1) is 11.7 Å². The molecule has 2 aromatic rings. The summed E-state index contributed by atoms with van der Waals surface area (Å²) >= 11 is 0. The summed E-state index contributed by atoms with van der Waals surface area (Å²) in [4.78, 5) is 18.1. The van der Waals surface area contributed by atoms with E-state index in [1.54, 1.807) is 19.9 Å². The molecular formula is C28H41N3O6. The van der Waals surface area contributed by atoms with Crippen LogP contribution in [0.1, 0.15) is 89.2 Å². The number of aliphatic imine (C=N–C) groups is 1. The highest BCUT2D eigenvalue weighted by Gasteiger charge is 2.39. The van der Waals surface area contributed by atoms with E-state index in [1.165, 1.54) is 0 Å². The van der Waals surface area contributed by atoms with Crippen LogP contribution in [0.15, 0.2) is 20.3 Å². The van der Waals surface area contributed by atoms with Crippen molar-refractivity contribution in [3.8, 4) is 11.5 Å². The third-order valence-corrected chi connectivity index (χ3v) is 7.33. The second kappa shape index (κ2) is 10.9. The first kappa shape index (κ1) is 27.3. The zero-order chi connectivity index (χ0) is 26.9. The Morgan fingerprint density at radius 1 is 1.24 bits per heavy atom. The molecule has 0 bridgehead atoms. The third kappa shape index (κ3) is 6.04. The average molecular weight is 516 g/mol. The van der Waals surface area contributed by atoms with Gasteiger partial charge >= 0.3 is 0 Å². The maximum atomic E-state index is 14.1. The smallest absolute Gasteiger partial charge is 0.200 e. The molecule has 0 spiro atoms. The number of hydrogen-bond donors (Lipinski definition) is 4. The van der Waals surface area contributed by atoms with E-state index in [4.69, 9.17) is 25.4 Å². The Balaban J connectivity index is 1.88. The molecule has 2 atom stereocenters. The van der Waals surface area contributed by atoms with Crippen LogP contribution in [0.2, 0.25) is 0 Å². The molecule has 2 unspecified atom stereocenters. The summed E-state index contributed by atoms with van der Waals surface area (Å²) in [6, 6.07) is 1.69. The molecule has 204 valence electrons. The molecule has 2 heterocycles. The van der Waals surface area contributed by atoms with E-state index in [2.05, 4.69) is 18.8 Å². The minimum absolute atomic E-state index is 0.0132. The van der Waals surface area contributed by atoms with E-state index in [1.807, 2.05) is 0 Å². The lowest BCUT2D eigenvalue weighted by Gasteiger charge is -2.24. The molecule has 9 nitrogen and oxygen atoms in total. The van der Waals surface area contributed by atoms with Gasteiger partial charge in [0.15, 0.2) is 11.4 Å². The van der Waals surface area contributed by atoms with Gasteiger partial charge in [0.2, 0.25) is 0 Å². The molecule has 1 aromatic heterocycles. The highest BCUT2D eigenvalue weighted by Crippen LogP contribution is 2.45. The van der Waals surface area contributed by atoms with Crippen molar-refractivity contribution in [1.82, 2.24) is 0 Å². The van der Waals surface area contributed by atoms with E-state index in [0.717, 1.165) is 37.7 Å². The monoisotopic (exact) mass is 515 g/mol. The van der Waals surface area contributed by atoms with E-state index in [9.17, 15) is 15.0 Å². The summed E-state index contributed by atoms with van der Waals surface area (Å²) in [5, 5.41) is 22.1. The topological polar surface area (TPSA) is 154 Å². The fraction of sp³-hybridized carbons (Fsp3) is 0.643. The Labute approximate surface area is 217 Å². The van der Waals surface area contributed by atoms with Gasteiger partial charge in [-0.05, 0) is 58.3 Å². The van der Waals surface area contributed by atoms with Gasteiger partial charge in [-0.15, -0.1) is 0 Å². The zero-order valence-electron chi connectivity index (χ0n) is 22.4. The zero-order valence-corrected chi connectivity index (χ0v) is 22.4. The minimum atomic E-state index is -1.08. The molecule has 6 N–H and O–H groups in total. The van der Waals surface area contributed by atoms with Gasteiger partial charge in [0.1, 0.15) is 40.4 Å². The second-order valence-electron chi connectivity index (χ2n) is 11.4. The van der Waals surface area contributed by atoms with Gasteiger partial charge in [0, 0.05) is 36.6 Å². The lowest BCUT2D eigenvalue weighted by atomic mass is 9.94. The Hall–Kier alpha value is -2.78. The maximum absolute atomic E-state index is 14.1. The molecule has 2 aliphatic rings. The van der Waals surface area contributed by atoms with Crippen molar-refractivity contribution >= 4 is 16.9 Å². The van der Waals surface area contributed by atoms with Gasteiger partial charge in [-0.1, -0.05) is 13.8 Å². The Bertz CT molecular complexity index is 1200. The summed E-state index contributed by atoms with van der Waals surface area (Å²) in [6.07, 6.45) is 4.36. The first-order valence-corrected chi connectivity index (χ1v) is 13.4. The lowest BCUT2D eigenvalue weighted by molar-refractivity contribution is -0.0229. The summed E-state index contributed by atoms with van der Waals surface area (Å²) < 4.78 is 18.9. The first-order chi connectivity index (χ1) is 17.5. The maximum Gasteiger partial charge on any atom is 0.200 e. The van der Waals surface area contributed by atoms with Crippen LogP contribution in [-0.4, -0.2) is 40.5 Å². The number of aliphatic hydroxyl groups is 2. The number of hydrogen-bond acceptors (Lipinski definition) is 7. The Kier molecular flexibility index (Phi) is 8.04. The molecule has 0 amide bonds. The van der Waals surface area contributed by atoms with E-state index < -0.39 is 17.8 Å². The number of aliphatic hydroxyl groups excluding tert-OH is 1. The number of rotatable bonds is 10. The van der Waals surface area contributed by atoms with Crippen LogP contribution in [0.25, 0.3) is 11.0 Å². The number of fused-ring (bicyclic) bond motifs is 2. The molecule has 1 aliphatic carbocycles. The highest BCUT2D eigenvalue weighted by molar-refractivity contribution is 5.88. The molecule has 4 rings (SSSR count). The van der Waals surface area contributed by atoms with Gasteiger partial charge in [-0.2, -0.15) is 0 Å². The number of guanidine groups is 1. The fourth-order valence-corrected chi connectivity index (χ4v) is 5.15. The Morgan fingerprint density at radius 3 is 2.57 bits per heavy atom. The van der Waals surface area contributed by atoms with Gasteiger partial charge in [-0.3, -0.25) is 9.79 Å². The highest BCUT2D eigenvalue weighted by atomic mass is 16.5. The molecule has 1 aliphatic heterocycles. The molecule has 1 aromatic carbocycles. The standard InChI is InChI=1S/C28H41N3O6/c1-15(2)9-10-17-24(33)23-21(37-25(17)19(32)11-12-31-27(29)30)14-20-18(13-22(36-20)28(3,4)34)26(23)35-16-7-5-6-8-16/h14-16,19,22,32,34H,5-13H2,1-4H3,(H4,29,30,31). The summed E-state index contributed by atoms with van der Waals surface area (Å²) in [7, 11) is 0. The first-order valence-electron chi connectivity index (χ1n) is 13.4. The quantitative estimate of drug-likeness (QED) is 0.277. The van der Waals surface area contributed by atoms with Crippen molar-refractivity contribution in [2.24, 2.45) is 22.4 Å². The molecular weight excluding hydrogens is 474 g/mol. The van der Waals surface area contributed by atoms with E-state index in [-0.39, 0.29) is 36.2 Å². The van der Waals surface area contributed by atoms with Crippen molar-refractivity contribution < 1.29 is 24.1 Å². The van der Waals surface area contributed by atoms with Crippen molar-refractivity contribution in [2.45, 2.75) is 103 Å². The van der Waals surface area contributed by atoms with Crippen LogP contribution < -0.4 is 26.4 Å². The SMILES string of the molecule is CC(C)CCc1c(C(O)CCN=C(N)N)oc2cc3c(c(OC4CCCC4)c2c1=O)CC(C(C)(C)O)O3. The number of benzene rings is 1. The molecule has 9 heteroatoms. The summed E-state index contributed by atoms with van der Waals surface area (Å²) in [5.41, 5.74) is 11.1. The number of nitrogens with zero attached hydrogens (tertiary/aromatic N) is 1. The van der Waals surface area contributed by atoms with Crippen LogP contribution in [0.3, 0.4) is 0 Å². The van der Waals surface area contributed by atoms with Gasteiger partial charge in [-0.25, -0.2) is 0 Å². The van der Waals surface area contributed by atoms with Crippen molar-refractivity contribution in [3.63, 3.8) is 0 Å². The molecule has 0 radical (unpaired) electrons. The van der Waals surface area contributed by atoms with Crippen LogP contribution in [-0.2, 0) is 12.8 Å². The van der Waals surface area contributed by atoms with Crippen molar-refractivity contribution in [1.29, 1.82) is 0 Å². The summed E-state index contributed by atoms with van der Waals surface area (Å²) in [5.74, 6) is 1.55. The largest absolute Gasteiger partial charge is 0.489 e. The fourth-order valence-electron chi connectivity index (χ4n) is 5.15. The second-order valence-corrected chi connectivity index (χ2v) is 11.4. The van der Waals surface area contributed by atoms with Crippen molar-refractivity contribution in [3.05, 3.63) is 33.2 Å². The van der Waals surface area contributed by atoms with Crippen LogP contribution in [0.5, 0.6) is 11.5 Å². The third-order valence-electron chi connectivity index (χ3n) is 7.33. The van der Waals surface area contributed by atoms with Crippen LogP contribution in [0, 0.1) is 5.92 Å². The molecule has 1 fully saturated rings. The van der Waals surface area contributed by atoms with Crippen LogP contribution >= 0.6 is 0 Å². The van der Waals surface area contributed by atoms with E-state index in [0.29, 0.717) is 46.8 Å². The van der Waals surface area contributed by atoms with E-state index >= 15 is 0 Å². The minimum Gasteiger partial charge on any atom is -0.489 e. The molecule has 1 saturated carbocycles. The summed E-state index contributed by atoms with van der Waals surface area (Å²) in [6.45, 7) is 7.80. The lowest BCUT2D eigenvalue weighted by Crippen LogP contribution is -2.39. The number of ether oxygens (including phenoxy) is 2. The average Bonchev–Trinajstić information content (AvgIpc) is 3.47. The van der Waals surface area contributed by atoms with Crippen molar-refractivity contribution in [2.75, 3.05) is 6.54 Å². The van der Waals surface area contributed by atoms with Crippen LogP contribution in [0.4, 0.5) is 0 Å². The van der Waals surface area contributed by atoms with Gasteiger partial charge in [0.25, 0.3) is 0 Å². The molecule has 37 heavy (non-hydrogen) atoms. The van der Waals surface area contributed by atoms with Gasteiger partial charge < -0.3 is 35.6 Å².